The first-order valence-electron chi connectivity index (χ1n) is 4.07. The van der Waals surface area contributed by atoms with Crippen LogP contribution in [0.15, 0.2) is 30.3 Å². The van der Waals surface area contributed by atoms with Crippen molar-refractivity contribution in [1.82, 2.24) is 0 Å². The summed E-state index contributed by atoms with van der Waals surface area (Å²) >= 11 is 0. The first-order chi connectivity index (χ1) is 7.43. The predicted octanol–water partition coefficient (Wildman–Crippen LogP) is 0.909. The number of carbonyl (C=O) groups is 1. The van der Waals surface area contributed by atoms with Gasteiger partial charge in [0, 0.05) is 0 Å². The van der Waals surface area contributed by atoms with Crippen molar-refractivity contribution in [2.45, 2.75) is 0 Å². The molecule has 0 aliphatic rings. The Morgan fingerprint density at radius 1 is 1.12 bits per heavy atom. The average Bonchev–Trinajstić information content (AvgIpc) is 2.31. The lowest BCUT2D eigenvalue weighted by atomic mass is 10.2. The molecule has 1 N–H and O–H groups in total. The van der Waals surface area contributed by atoms with E-state index in [1.54, 1.807) is 30.3 Å². The lowest BCUT2D eigenvalue weighted by Crippen LogP contribution is -2.02. The first kappa shape index (κ1) is 14.6. The highest BCUT2D eigenvalue weighted by molar-refractivity contribution is 7.81. The fourth-order valence-electron chi connectivity index (χ4n) is 0.649. The summed E-state index contributed by atoms with van der Waals surface area (Å²) in [6.45, 7) is 0. The van der Waals surface area contributed by atoms with E-state index in [0.29, 0.717) is 5.56 Å². The molecule has 0 radical (unpaired) electrons. The van der Waals surface area contributed by atoms with Crippen LogP contribution in [0.25, 0.3) is 0 Å². The number of aromatic carboxylic acids is 1. The highest BCUT2D eigenvalue weighted by Gasteiger charge is 2.01. The van der Waals surface area contributed by atoms with Gasteiger partial charge in [-0.3, -0.25) is 8.37 Å². The topological polar surface area (TPSA) is 89.9 Å². The summed E-state index contributed by atoms with van der Waals surface area (Å²) in [5, 5.41) is 8.38. The van der Waals surface area contributed by atoms with Gasteiger partial charge in [-0.1, -0.05) is 18.2 Å². The monoisotopic (exact) mass is 248 g/mol. The number of benzene rings is 1. The van der Waals surface area contributed by atoms with Gasteiger partial charge in [0.25, 0.3) is 0 Å². The van der Waals surface area contributed by atoms with Gasteiger partial charge in [-0.15, -0.1) is 0 Å². The van der Waals surface area contributed by atoms with E-state index in [0.717, 1.165) is 14.2 Å². The third-order valence-corrected chi connectivity index (χ3v) is 2.25. The molecule has 0 fully saturated rings. The lowest BCUT2D eigenvalue weighted by molar-refractivity contribution is 0.0697. The predicted molar refractivity (Wildman–Crippen MR) is 56.3 cm³/mol. The second-order valence-electron chi connectivity index (χ2n) is 2.41. The minimum atomic E-state index is -3.66. The molecule has 1 rings (SSSR count). The van der Waals surface area contributed by atoms with Gasteiger partial charge in [0.05, 0.1) is 19.8 Å². The molecule has 0 saturated carbocycles. The highest BCUT2D eigenvalue weighted by atomic mass is 32.3. The van der Waals surface area contributed by atoms with Crippen LogP contribution in [-0.4, -0.2) is 33.7 Å². The molecule has 0 spiro atoms. The number of carboxylic acid groups (broad SMARTS) is 1. The van der Waals surface area contributed by atoms with Crippen molar-refractivity contribution in [3.63, 3.8) is 0 Å². The molecule has 0 saturated heterocycles. The van der Waals surface area contributed by atoms with Crippen molar-refractivity contribution >= 4 is 16.4 Å². The molecule has 1 aromatic rings. The van der Waals surface area contributed by atoms with E-state index in [2.05, 4.69) is 8.37 Å². The summed E-state index contributed by atoms with van der Waals surface area (Å²) in [7, 11) is -1.60. The van der Waals surface area contributed by atoms with E-state index in [1.165, 1.54) is 0 Å². The van der Waals surface area contributed by atoms with Gasteiger partial charge < -0.3 is 5.11 Å². The summed E-state index contributed by atoms with van der Waals surface area (Å²) in [5.74, 6) is -0.879. The van der Waals surface area contributed by atoms with Crippen LogP contribution in [0.4, 0.5) is 0 Å². The Balaban J connectivity index is 0.000000293. The maximum absolute atomic E-state index is 10.2. The fourth-order valence-corrected chi connectivity index (χ4v) is 0.785. The molecule has 0 aliphatic heterocycles. The zero-order valence-corrected chi connectivity index (χ0v) is 9.60. The summed E-state index contributed by atoms with van der Waals surface area (Å²) in [4.78, 5) is 10.2. The summed E-state index contributed by atoms with van der Waals surface area (Å²) in [6, 6.07) is 8.30. The Labute approximate surface area is 93.8 Å². The fraction of sp³-hybridized carbons (Fsp3) is 0.222. The minimum Gasteiger partial charge on any atom is -0.478 e. The molecular formula is C9H12O6S. The molecule has 7 heteroatoms. The largest absolute Gasteiger partial charge is 0.478 e. The van der Waals surface area contributed by atoms with E-state index in [9.17, 15) is 13.2 Å². The van der Waals surface area contributed by atoms with Crippen molar-refractivity contribution in [3.8, 4) is 0 Å². The smallest absolute Gasteiger partial charge is 0.399 e. The van der Waals surface area contributed by atoms with Gasteiger partial charge >= 0.3 is 16.4 Å². The molecule has 1 aromatic carbocycles. The quantitative estimate of drug-likeness (QED) is 0.855. The average molecular weight is 248 g/mol. The molecule has 6 nitrogen and oxygen atoms in total. The van der Waals surface area contributed by atoms with Gasteiger partial charge in [-0.25, -0.2) is 4.79 Å². The van der Waals surface area contributed by atoms with Crippen LogP contribution in [0.3, 0.4) is 0 Å². The zero-order chi connectivity index (χ0) is 12.6. The van der Waals surface area contributed by atoms with Crippen molar-refractivity contribution in [1.29, 1.82) is 0 Å². The van der Waals surface area contributed by atoms with Gasteiger partial charge in [0.15, 0.2) is 0 Å². The maximum atomic E-state index is 10.2. The van der Waals surface area contributed by atoms with Crippen LogP contribution in [0.1, 0.15) is 10.4 Å². The zero-order valence-electron chi connectivity index (χ0n) is 8.78. The summed E-state index contributed by atoms with van der Waals surface area (Å²) in [5.41, 5.74) is 0.331. The van der Waals surface area contributed by atoms with Gasteiger partial charge in [0.2, 0.25) is 0 Å². The number of rotatable bonds is 3. The Bertz CT molecular complexity index is 401. The van der Waals surface area contributed by atoms with E-state index >= 15 is 0 Å². The third-order valence-electron chi connectivity index (χ3n) is 1.43. The van der Waals surface area contributed by atoms with Gasteiger partial charge in [0.1, 0.15) is 0 Å². The highest BCUT2D eigenvalue weighted by Crippen LogP contribution is 1.96. The molecule has 0 bridgehead atoms. The molecule has 0 unspecified atom stereocenters. The number of hydrogen-bond acceptors (Lipinski definition) is 5. The van der Waals surface area contributed by atoms with Crippen molar-refractivity contribution in [2.75, 3.05) is 14.2 Å². The normalized spacial score (nSPS) is 10.1. The SMILES string of the molecule is COS(=O)(=O)OC.O=C(O)c1ccccc1. The Hall–Kier alpha value is -1.44. The molecule has 0 aliphatic carbocycles. The van der Waals surface area contributed by atoms with E-state index in [-0.39, 0.29) is 0 Å². The number of carboxylic acids is 1. The van der Waals surface area contributed by atoms with Crippen molar-refractivity contribution in [3.05, 3.63) is 35.9 Å². The van der Waals surface area contributed by atoms with E-state index < -0.39 is 16.4 Å². The van der Waals surface area contributed by atoms with Gasteiger partial charge in [-0.2, -0.15) is 8.42 Å². The molecule has 0 amide bonds. The Morgan fingerprint density at radius 3 is 1.75 bits per heavy atom. The standard InChI is InChI=1S/C7H6O2.C2H6O4S/c8-7(9)6-4-2-1-3-5-6;1-5-7(3,4)6-2/h1-5H,(H,8,9);1-2H3. The second kappa shape index (κ2) is 6.94. The summed E-state index contributed by atoms with van der Waals surface area (Å²) in [6.07, 6.45) is 0. The van der Waals surface area contributed by atoms with E-state index in [1.807, 2.05) is 0 Å². The van der Waals surface area contributed by atoms with Crippen LogP contribution in [0.2, 0.25) is 0 Å². The van der Waals surface area contributed by atoms with Crippen molar-refractivity contribution in [2.24, 2.45) is 0 Å². The van der Waals surface area contributed by atoms with Crippen LogP contribution in [-0.2, 0) is 18.8 Å². The van der Waals surface area contributed by atoms with Gasteiger partial charge in [-0.05, 0) is 12.1 Å². The van der Waals surface area contributed by atoms with Crippen LogP contribution in [0, 0.1) is 0 Å². The molecule has 0 heterocycles. The summed E-state index contributed by atoms with van der Waals surface area (Å²) < 4.78 is 27.5. The van der Waals surface area contributed by atoms with Crippen LogP contribution >= 0.6 is 0 Å². The second-order valence-corrected chi connectivity index (χ2v) is 3.90. The Morgan fingerprint density at radius 2 is 1.56 bits per heavy atom. The maximum Gasteiger partial charge on any atom is 0.399 e. The van der Waals surface area contributed by atoms with E-state index in [4.69, 9.17) is 5.11 Å². The molecule has 16 heavy (non-hydrogen) atoms. The van der Waals surface area contributed by atoms with Crippen LogP contribution in [0.5, 0.6) is 0 Å². The number of hydrogen-bond donors (Lipinski definition) is 1. The Kier molecular flexibility index (Phi) is 6.31. The molecule has 0 atom stereocenters. The molecule has 0 aromatic heterocycles. The van der Waals surface area contributed by atoms with Crippen LogP contribution < -0.4 is 0 Å². The molecular weight excluding hydrogens is 236 g/mol. The first-order valence-corrected chi connectivity index (χ1v) is 5.40. The lowest BCUT2D eigenvalue weighted by Gasteiger charge is -1.91. The molecule has 90 valence electrons. The third kappa shape index (κ3) is 6.12. The minimum absolute atomic E-state index is 0.331. The van der Waals surface area contributed by atoms with Crippen molar-refractivity contribution < 1.29 is 26.7 Å².